The molecule has 3 aromatic carbocycles. The van der Waals surface area contributed by atoms with Gasteiger partial charge < -0.3 is 10.6 Å². The highest BCUT2D eigenvalue weighted by Crippen LogP contribution is 2.20. The summed E-state index contributed by atoms with van der Waals surface area (Å²) in [5.74, 6) is -0.179. The van der Waals surface area contributed by atoms with Crippen molar-refractivity contribution >= 4 is 48.9 Å². The third kappa shape index (κ3) is 5.84. The molecular formula is C22H22BrN3O3S. The van der Waals surface area contributed by atoms with Crippen molar-refractivity contribution < 1.29 is 13.2 Å². The van der Waals surface area contributed by atoms with E-state index < -0.39 is 16.1 Å². The first-order chi connectivity index (χ1) is 14.2. The third-order valence-electron chi connectivity index (χ3n) is 4.36. The van der Waals surface area contributed by atoms with Crippen LogP contribution in [0, 0.1) is 6.92 Å². The van der Waals surface area contributed by atoms with Crippen molar-refractivity contribution in [3.05, 3.63) is 82.8 Å². The van der Waals surface area contributed by atoms with Gasteiger partial charge in [0.1, 0.15) is 6.04 Å². The molecule has 0 unspecified atom stereocenters. The monoisotopic (exact) mass is 487 g/mol. The Morgan fingerprint density at radius 1 is 0.833 bits per heavy atom. The zero-order valence-electron chi connectivity index (χ0n) is 16.5. The summed E-state index contributed by atoms with van der Waals surface area (Å²) < 4.78 is 28.4. The molecule has 0 spiro atoms. The third-order valence-corrected chi connectivity index (χ3v) is 6.28. The summed E-state index contributed by atoms with van der Waals surface area (Å²) in [5, 5.41) is 5.94. The van der Waals surface area contributed by atoms with E-state index >= 15 is 0 Å². The van der Waals surface area contributed by atoms with Crippen LogP contribution in [-0.4, -0.2) is 20.4 Å². The van der Waals surface area contributed by atoms with E-state index in [2.05, 4.69) is 31.3 Å². The van der Waals surface area contributed by atoms with Gasteiger partial charge >= 0.3 is 0 Å². The number of hydrogen-bond donors (Lipinski definition) is 3. The Labute approximate surface area is 184 Å². The van der Waals surface area contributed by atoms with Crippen LogP contribution in [0.15, 0.2) is 82.2 Å². The lowest BCUT2D eigenvalue weighted by Crippen LogP contribution is -2.31. The first kappa shape index (κ1) is 21.9. The van der Waals surface area contributed by atoms with Gasteiger partial charge in [0.2, 0.25) is 5.91 Å². The molecule has 0 saturated heterocycles. The van der Waals surface area contributed by atoms with E-state index in [0.29, 0.717) is 17.1 Å². The Balaban J connectivity index is 1.60. The van der Waals surface area contributed by atoms with Crippen LogP contribution in [0.25, 0.3) is 0 Å². The normalized spacial score (nSPS) is 12.1. The maximum absolute atomic E-state index is 12.5. The molecule has 0 aliphatic heterocycles. The number of benzene rings is 3. The standard InChI is InChI=1S/C22H22BrN3O3S/c1-15-3-13-21(14-4-15)30(28,29)26-20-11-9-18(10-12-20)24-16(2)22(27)25-19-7-5-17(23)6-8-19/h3-14,16,24,26H,1-2H3,(H,25,27)/t16-/m1/s1. The topological polar surface area (TPSA) is 87.3 Å². The van der Waals surface area contributed by atoms with Crippen molar-refractivity contribution in [2.75, 3.05) is 15.4 Å². The summed E-state index contributed by atoms with van der Waals surface area (Å²) >= 11 is 3.36. The van der Waals surface area contributed by atoms with Gasteiger partial charge in [-0.1, -0.05) is 33.6 Å². The molecule has 0 bridgehead atoms. The number of hydrogen-bond acceptors (Lipinski definition) is 4. The number of carbonyl (C=O) groups excluding carboxylic acids is 1. The lowest BCUT2D eigenvalue weighted by atomic mass is 10.2. The van der Waals surface area contributed by atoms with Gasteiger partial charge in [-0.15, -0.1) is 0 Å². The molecule has 6 nitrogen and oxygen atoms in total. The first-order valence-corrected chi connectivity index (χ1v) is 11.5. The number of sulfonamides is 1. The Bertz CT molecular complexity index is 1110. The Morgan fingerprint density at radius 2 is 1.37 bits per heavy atom. The van der Waals surface area contributed by atoms with Gasteiger partial charge in [-0.2, -0.15) is 0 Å². The zero-order valence-corrected chi connectivity index (χ0v) is 18.9. The molecule has 3 aromatic rings. The number of halogens is 1. The van der Waals surface area contributed by atoms with Gasteiger partial charge in [-0.25, -0.2) is 8.42 Å². The molecule has 0 aromatic heterocycles. The van der Waals surface area contributed by atoms with E-state index in [4.69, 9.17) is 0 Å². The van der Waals surface area contributed by atoms with E-state index in [1.165, 1.54) is 0 Å². The van der Waals surface area contributed by atoms with E-state index in [9.17, 15) is 13.2 Å². The van der Waals surface area contributed by atoms with Crippen LogP contribution in [0.2, 0.25) is 0 Å². The first-order valence-electron chi connectivity index (χ1n) is 9.25. The Morgan fingerprint density at radius 3 is 1.97 bits per heavy atom. The Hall–Kier alpha value is -2.84. The van der Waals surface area contributed by atoms with Crippen LogP contribution in [-0.2, 0) is 14.8 Å². The molecule has 0 fully saturated rings. The molecule has 3 N–H and O–H groups in total. The molecule has 156 valence electrons. The van der Waals surface area contributed by atoms with Crippen LogP contribution < -0.4 is 15.4 Å². The number of amides is 1. The van der Waals surface area contributed by atoms with Crippen molar-refractivity contribution in [3.8, 4) is 0 Å². The largest absolute Gasteiger partial charge is 0.374 e. The molecule has 0 saturated carbocycles. The summed E-state index contributed by atoms with van der Waals surface area (Å²) in [5.41, 5.74) is 2.83. The lowest BCUT2D eigenvalue weighted by Gasteiger charge is -2.16. The second-order valence-corrected chi connectivity index (χ2v) is 9.46. The van der Waals surface area contributed by atoms with Gasteiger partial charge in [0.25, 0.3) is 10.0 Å². The number of nitrogens with one attached hydrogen (secondary N) is 3. The number of carbonyl (C=O) groups is 1. The minimum absolute atomic E-state index is 0.179. The molecule has 0 heterocycles. The Kier molecular flexibility index (Phi) is 6.79. The predicted octanol–water partition coefficient (Wildman–Crippen LogP) is 5.00. The predicted molar refractivity (Wildman–Crippen MR) is 124 cm³/mol. The summed E-state index contributed by atoms with van der Waals surface area (Å²) in [4.78, 5) is 12.6. The fraction of sp³-hybridized carbons (Fsp3) is 0.136. The van der Waals surface area contributed by atoms with E-state index in [-0.39, 0.29) is 10.8 Å². The molecule has 1 amide bonds. The smallest absolute Gasteiger partial charge is 0.261 e. The quantitative estimate of drug-likeness (QED) is 0.437. The lowest BCUT2D eigenvalue weighted by molar-refractivity contribution is -0.116. The number of rotatable bonds is 7. The summed E-state index contributed by atoms with van der Waals surface area (Å²) in [6.07, 6.45) is 0. The van der Waals surface area contributed by atoms with Crippen LogP contribution in [0.1, 0.15) is 12.5 Å². The molecule has 0 radical (unpaired) electrons. The highest BCUT2D eigenvalue weighted by Gasteiger charge is 2.15. The fourth-order valence-electron chi connectivity index (χ4n) is 2.67. The second-order valence-electron chi connectivity index (χ2n) is 6.86. The minimum Gasteiger partial charge on any atom is -0.374 e. The van der Waals surface area contributed by atoms with Crippen molar-refractivity contribution in [2.45, 2.75) is 24.8 Å². The highest BCUT2D eigenvalue weighted by molar-refractivity contribution is 9.10. The maximum Gasteiger partial charge on any atom is 0.261 e. The summed E-state index contributed by atoms with van der Waals surface area (Å²) in [7, 11) is -3.65. The minimum atomic E-state index is -3.65. The number of anilines is 3. The van der Waals surface area contributed by atoms with Gasteiger partial charge in [0, 0.05) is 21.5 Å². The molecule has 3 rings (SSSR count). The van der Waals surface area contributed by atoms with Crippen LogP contribution in [0.4, 0.5) is 17.1 Å². The van der Waals surface area contributed by atoms with Crippen LogP contribution >= 0.6 is 15.9 Å². The van der Waals surface area contributed by atoms with E-state index in [1.807, 2.05) is 31.2 Å². The van der Waals surface area contributed by atoms with Gasteiger partial charge in [-0.05, 0) is 74.5 Å². The number of aryl methyl sites for hydroxylation is 1. The van der Waals surface area contributed by atoms with Gasteiger partial charge in [-0.3, -0.25) is 9.52 Å². The van der Waals surface area contributed by atoms with Crippen LogP contribution in [0.3, 0.4) is 0 Å². The molecule has 8 heteroatoms. The molecule has 1 atom stereocenters. The second kappa shape index (κ2) is 9.32. The molecule has 0 aliphatic carbocycles. The van der Waals surface area contributed by atoms with E-state index in [0.717, 1.165) is 10.0 Å². The van der Waals surface area contributed by atoms with Crippen molar-refractivity contribution in [1.29, 1.82) is 0 Å². The summed E-state index contributed by atoms with van der Waals surface area (Å²) in [6, 6.07) is 20.2. The molecule has 30 heavy (non-hydrogen) atoms. The van der Waals surface area contributed by atoms with Crippen molar-refractivity contribution in [2.24, 2.45) is 0 Å². The molecule has 0 aliphatic rings. The summed E-state index contributed by atoms with van der Waals surface area (Å²) in [6.45, 7) is 3.65. The molecular weight excluding hydrogens is 466 g/mol. The van der Waals surface area contributed by atoms with Crippen molar-refractivity contribution in [1.82, 2.24) is 0 Å². The zero-order chi connectivity index (χ0) is 21.7. The maximum atomic E-state index is 12.5. The van der Waals surface area contributed by atoms with Crippen LogP contribution in [0.5, 0.6) is 0 Å². The van der Waals surface area contributed by atoms with Gasteiger partial charge in [0.15, 0.2) is 0 Å². The average molecular weight is 488 g/mol. The highest BCUT2D eigenvalue weighted by atomic mass is 79.9. The van der Waals surface area contributed by atoms with E-state index in [1.54, 1.807) is 55.5 Å². The fourth-order valence-corrected chi connectivity index (χ4v) is 3.99. The van der Waals surface area contributed by atoms with Crippen molar-refractivity contribution in [3.63, 3.8) is 0 Å². The average Bonchev–Trinajstić information content (AvgIpc) is 2.71. The SMILES string of the molecule is Cc1ccc(S(=O)(=O)Nc2ccc(N[C@H](C)C(=O)Nc3ccc(Br)cc3)cc2)cc1. The van der Waals surface area contributed by atoms with Gasteiger partial charge in [0.05, 0.1) is 4.90 Å².